The van der Waals surface area contributed by atoms with Crippen LogP contribution in [-0.4, -0.2) is 23.8 Å². The first-order valence-electron chi connectivity index (χ1n) is 5.32. The number of rotatable bonds is 4. The molecule has 0 aliphatic carbocycles. The number of anilines is 1. The van der Waals surface area contributed by atoms with E-state index in [4.69, 9.17) is 5.26 Å². The van der Waals surface area contributed by atoms with Crippen LogP contribution in [0.25, 0.3) is 0 Å². The molecular weight excluding hydrogens is 357 g/mol. The zero-order valence-corrected chi connectivity index (χ0v) is 11.8. The van der Waals surface area contributed by atoms with Crippen molar-refractivity contribution < 1.29 is 27.8 Å². The molecule has 0 saturated carbocycles. The van der Waals surface area contributed by atoms with Gasteiger partial charge in [0.2, 0.25) is 0 Å². The fourth-order valence-corrected chi connectivity index (χ4v) is 1.41. The Morgan fingerprint density at radius 2 is 1.95 bits per heavy atom. The number of halogens is 4. The molecule has 1 amide bonds. The molecule has 0 saturated heterocycles. The third-order valence-electron chi connectivity index (χ3n) is 2.03. The third kappa shape index (κ3) is 5.74. The topological polar surface area (TPSA) is 82.4 Å². The molecule has 112 valence electrons. The van der Waals surface area contributed by atoms with Crippen molar-refractivity contribution in [3.05, 3.63) is 40.3 Å². The number of benzene rings is 1. The van der Waals surface area contributed by atoms with Gasteiger partial charge >= 0.3 is 12.1 Å². The fraction of sp³-hybridized carbons (Fsp3) is 0.167. The second-order valence-electron chi connectivity index (χ2n) is 3.66. The van der Waals surface area contributed by atoms with Gasteiger partial charge in [-0.3, -0.25) is 4.79 Å². The van der Waals surface area contributed by atoms with Crippen molar-refractivity contribution in [3.8, 4) is 6.07 Å². The molecule has 0 fully saturated rings. The minimum absolute atomic E-state index is 0.291. The Bertz CT molecular complexity index is 591. The van der Waals surface area contributed by atoms with Crippen LogP contribution in [0.2, 0.25) is 0 Å². The first-order valence-corrected chi connectivity index (χ1v) is 6.12. The Hall–Kier alpha value is -2.21. The van der Waals surface area contributed by atoms with E-state index in [0.717, 1.165) is 4.47 Å². The molecule has 0 spiro atoms. The van der Waals surface area contributed by atoms with Crippen molar-refractivity contribution in [2.45, 2.75) is 6.18 Å². The van der Waals surface area contributed by atoms with E-state index in [1.165, 1.54) is 18.2 Å². The van der Waals surface area contributed by atoms with Gasteiger partial charge in [-0.25, -0.2) is 0 Å². The lowest BCUT2D eigenvalue weighted by Crippen LogP contribution is -2.20. The zero-order valence-electron chi connectivity index (χ0n) is 10.2. The summed E-state index contributed by atoms with van der Waals surface area (Å²) >= 11 is 3.18. The number of hydrogen-bond donors (Lipinski definition) is 2. The summed E-state index contributed by atoms with van der Waals surface area (Å²) in [6.45, 7) is -1.81. The maximum absolute atomic E-state index is 11.9. The summed E-state index contributed by atoms with van der Waals surface area (Å²) in [5, 5.41) is 20.2. The van der Waals surface area contributed by atoms with Crippen molar-refractivity contribution in [1.82, 2.24) is 0 Å². The van der Waals surface area contributed by atoms with Gasteiger partial charge in [0.1, 0.15) is 6.07 Å². The van der Waals surface area contributed by atoms with Crippen molar-refractivity contribution in [2.75, 3.05) is 11.9 Å². The molecule has 0 aliphatic heterocycles. The quantitative estimate of drug-likeness (QED) is 0.488. The van der Waals surface area contributed by atoms with Crippen molar-refractivity contribution in [2.24, 2.45) is 0 Å². The largest absolute Gasteiger partial charge is 0.480 e. The normalized spacial score (nSPS) is 12.1. The summed E-state index contributed by atoms with van der Waals surface area (Å²) in [7, 11) is 0. The van der Waals surface area contributed by atoms with Crippen LogP contribution in [0.4, 0.5) is 18.9 Å². The van der Waals surface area contributed by atoms with Gasteiger partial charge < -0.3 is 15.2 Å². The van der Waals surface area contributed by atoms with E-state index in [9.17, 15) is 23.1 Å². The lowest BCUT2D eigenvalue weighted by atomic mass is 10.2. The molecule has 0 radical (unpaired) electrons. The van der Waals surface area contributed by atoms with Crippen LogP contribution in [0.5, 0.6) is 0 Å². The zero-order chi connectivity index (χ0) is 16.0. The van der Waals surface area contributed by atoms with Gasteiger partial charge in [0.15, 0.2) is 12.2 Å². The summed E-state index contributed by atoms with van der Waals surface area (Å²) in [5.41, 5.74) is -0.665. The van der Waals surface area contributed by atoms with Gasteiger partial charge in [-0.1, -0.05) is 15.9 Å². The van der Waals surface area contributed by atoms with Gasteiger partial charge in [0.25, 0.3) is 5.91 Å². The predicted molar refractivity (Wildman–Crippen MR) is 70.0 cm³/mol. The van der Waals surface area contributed by atoms with Crippen molar-refractivity contribution in [1.29, 1.82) is 5.26 Å². The fourth-order valence-electron chi connectivity index (χ4n) is 1.14. The monoisotopic (exact) mass is 364 g/mol. The van der Waals surface area contributed by atoms with Gasteiger partial charge in [0.05, 0.1) is 0 Å². The van der Waals surface area contributed by atoms with Crippen LogP contribution < -0.4 is 5.32 Å². The van der Waals surface area contributed by atoms with Crippen molar-refractivity contribution >= 4 is 27.5 Å². The van der Waals surface area contributed by atoms with Crippen molar-refractivity contribution in [3.63, 3.8) is 0 Å². The first-order chi connectivity index (χ1) is 9.73. The average Bonchev–Trinajstić information content (AvgIpc) is 2.39. The van der Waals surface area contributed by atoms with Crippen LogP contribution in [0.15, 0.2) is 40.3 Å². The molecular formula is C12H8BrF3N2O3. The number of hydrogen-bond acceptors (Lipinski definition) is 4. The SMILES string of the molecule is N#C/C(C(=O)Nc1ccc(Br)cc1)=C(\O)OCC(F)(F)F. The summed E-state index contributed by atoms with van der Waals surface area (Å²) in [6.07, 6.45) is -4.70. The molecule has 1 rings (SSSR count). The number of nitriles is 1. The second-order valence-corrected chi connectivity index (χ2v) is 4.57. The molecule has 2 N–H and O–H groups in total. The molecule has 0 atom stereocenters. The number of amides is 1. The lowest BCUT2D eigenvalue weighted by molar-refractivity contribution is -0.173. The number of aliphatic hydroxyl groups excluding tert-OH is 1. The van der Waals surface area contributed by atoms with E-state index in [1.807, 2.05) is 0 Å². The minimum Gasteiger partial charge on any atom is -0.480 e. The molecule has 0 aliphatic rings. The Balaban J connectivity index is 2.81. The summed E-state index contributed by atoms with van der Waals surface area (Å²) < 4.78 is 40.5. The standard InChI is InChI=1S/C12H8BrF3N2O3/c13-7-1-3-8(4-2-7)18-10(19)9(5-17)11(20)21-6-12(14,15)16/h1-4,20H,6H2,(H,18,19)/b11-9-. The van der Waals surface area contributed by atoms with Gasteiger partial charge in [0, 0.05) is 10.2 Å². The highest BCUT2D eigenvalue weighted by molar-refractivity contribution is 9.10. The highest BCUT2D eigenvalue weighted by Gasteiger charge is 2.30. The highest BCUT2D eigenvalue weighted by Crippen LogP contribution is 2.18. The van der Waals surface area contributed by atoms with E-state index in [-0.39, 0.29) is 0 Å². The average molecular weight is 365 g/mol. The van der Waals surface area contributed by atoms with E-state index in [1.54, 1.807) is 12.1 Å². The van der Waals surface area contributed by atoms with Crippen LogP contribution in [-0.2, 0) is 9.53 Å². The minimum atomic E-state index is -4.70. The van der Waals surface area contributed by atoms with E-state index in [0.29, 0.717) is 5.69 Å². The molecule has 0 heterocycles. The van der Waals surface area contributed by atoms with E-state index < -0.39 is 30.2 Å². The maximum Gasteiger partial charge on any atom is 0.422 e. The highest BCUT2D eigenvalue weighted by atomic mass is 79.9. The van der Waals surface area contributed by atoms with E-state index in [2.05, 4.69) is 26.0 Å². The Kier molecular flexibility index (Phi) is 5.60. The van der Waals surface area contributed by atoms with Crippen LogP contribution in [0.3, 0.4) is 0 Å². The molecule has 1 aromatic carbocycles. The molecule has 9 heteroatoms. The van der Waals surface area contributed by atoms with Crippen LogP contribution >= 0.6 is 15.9 Å². The molecule has 0 unspecified atom stereocenters. The molecule has 0 bridgehead atoms. The van der Waals surface area contributed by atoms with Gasteiger partial charge in [-0.05, 0) is 24.3 Å². The number of alkyl halides is 3. The Morgan fingerprint density at radius 3 is 2.43 bits per heavy atom. The van der Waals surface area contributed by atoms with Crippen LogP contribution in [0, 0.1) is 11.3 Å². The first kappa shape index (κ1) is 16.8. The lowest BCUT2D eigenvalue weighted by Gasteiger charge is -2.09. The van der Waals surface area contributed by atoms with Gasteiger partial charge in [-0.2, -0.15) is 18.4 Å². The summed E-state index contributed by atoms with van der Waals surface area (Å²) in [6, 6.07) is 7.47. The Labute approximate surface area is 125 Å². The number of carbonyl (C=O) groups excluding carboxylic acids is 1. The number of aliphatic hydroxyl groups is 1. The van der Waals surface area contributed by atoms with E-state index >= 15 is 0 Å². The number of ether oxygens (including phenoxy) is 1. The smallest absolute Gasteiger partial charge is 0.422 e. The molecule has 0 aromatic heterocycles. The summed E-state index contributed by atoms with van der Waals surface area (Å²) in [5.74, 6) is -2.47. The maximum atomic E-state index is 11.9. The third-order valence-corrected chi connectivity index (χ3v) is 2.56. The Morgan fingerprint density at radius 1 is 1.38 bits per heavy atom. The molecule has 1 aromatic rings. The van der Waals surface area contributed by atoms with Gasteiger partial charge in [-0.15, -0.1) is 0 Å². The molecule has 5 nitrogen and oxygen atoms in total. The van der Waals surface area contributed by atoms with Crippen LogP contribution in [0.1, 0.15) is 0 Å². The summed E-state index contributed by atoms with van der Waals surface area (Å²) in [4.78, 5) is 11.7. The second kappa shape index (κ2) is 6.99. The predicted octanol–water partition coefficient (Wildman–Crippen LogP) is 3.26. The number of nitrogens with one attached hydrogen (secondary N) is 1. The number of carbonyl (C=O) groups is 1. The number of nitrogens with zero attached hydrogens (tertiary/aromatic N) is 1. The molecule has 21 heavy (non-hydrogen) atoms.